The molecule has 0 aromatic carbocycles. The molecule has 0 spiro atoms. The molecule has 0 unspecified atom stereocenters. The minimum atomic E-state index is 0.0911. The van der Waals surface area contributed by atoms with Crippen LogP contribution in [0.4, 0.5) is 5.13 Å². The molecule has 0 saturated carbocycles. The van der Waals surface area contributed by atoms with Crippen LogP contribution >= 0.6 is 23.1 Å². The number of aryl methyl sites for hydroxylation is 1. The summed E-state index contributed by atoms with van der Waals surface area (Å²) in [4.78, 5) is 26.3. The molecule has 5 nitrogen and oxygen atoms in total. The lowest BCUT2D eigenvalue weighted by atomic mass is 10.2. The smallest absolute Gasteiger partial charge is 0.256 e. The Hall–Kier alpha value is -1.60. The molecule has 1 saturated heterocycles. The molecule has 3 heterocycles. The number of nitrogens with zero attached hydrogens (tertiary/aromatic N) is 4. The van der Waals surface area contributed by atoms with E-state index < -0.39 is 0 Å². The summed E-state index contributed by atoms with van der Waals surface area (Å²) in [5.41, 5.74) is 1.78. The predicted octanol–water partition coefficient (Wildman–Crippen LogP) is 3.70. The number of hydrogen-bond donors (Lipinski definition) is 0. The van der Waals surface area contributed by atoms with E-state index in [-0.39, 0.29) is 5.91 Å². The molecule has 3 rings (SSSR count). The van der Waals surface area contributed by atoms with Gasteiger partial charge >= 0.3 is 0 Å². The second-order valence-corrected chi connectivity index (χ2v) is 8.83. The number of thioether (sulfide) groups is 1. The van der Waals surface area contributed by atoms with Gasteiger partial charge in [0.15, 0.2) is 5.13 Å². The fourth-order valence-corrected chi connectivity index (χ4v) is 4.55. The van der Waals surface area contributed by atoms with Gasteiger partial charge in [-0.2, -0.15) is 0 Å². The van der Waals surface area contributed by atoms with Crippen molar-refractivity contribution in [3.8, 4) is 0 Å². The second kappa shape index (κ2) is 8.19. The van der Waals surface area contributed by atoms with Gasteiger partial charge in [0.2, 0.25) is 0 Å². The minimum Gasteiger partial charge on any atom is -0.346 e. The Morgan fingerprint density at radius 3 is 2.84 bits per heavy atom. The fraction of sp³-hybridized carbons (Fsp3) is 0.500. The lowest BCUT2D eigenvalue weighted by Crippen LogP contribution is -2.35. The van der Waals surface area contributed by atoms with E-state index in [0.29, 0.717) is 5.25 Å². The van der Waals surface area contributed by atoms with Gasteiger partial charge in [-0.25, -0.2) is 9.97 Å². The van der Waals surface area contributed by atoms with E-state index in [0.717, 1.165) is 54.0 Å². The van der Waals surface area contributed by atoms with Crippen molar-refractivity contribution in [3.05, 3.63) is 35.0 Å². The largest absolute Gasteiger partial charge is 0.346 e. The van der Waals surface area contributed by atoms with Crippen molar-refractivity contribution in [2.75, 3.05) is 31.1 Å². The normalized spacial score (nSPS) is 15.5. The summed E-state index contributed by atoms with van der Waals surface area (Å²) in [5, 5.41) is 4.37. The van der Waals surface area contributed by atoms with Crippen LogP contribution in [0.2, 0.25) is 0 Å². The van der Waals surface area contributed by atoms with Crippen molar-refractivity contribution >= 4 is 34.1 Å². The number of thiazole rings is 1. The van der Waals surface area contributed by atoms with Gasteiger partial charge in [-0.15, -0.1) is 23.1 Å². The molecule has 25 heavy (non-hydrogen) atoms. The summed E-state index contributed by atoms with van der Waals surface area (Å²) in [5.74, 6) is 0.0911. The molecule has 2 aromatic heterocycles. The summed E-state index contributed by atoms with van der Waals surface area (Å²) in [6.45, 7) is 9.52. The Bertz CT molecular complexity index is 731. The monoisotopic (exact) mass is 376 g/mol. The van der Waals surface area contributed by atoms with Gasteiger partial charge in [-0.1, -0.05) is 13.8 Å². The highest BCUT2D eigenvalue weighted by Gasteiger charge is 2.24. The summed E-state index contributed by atoms with van der Waals surface area (Å²) >= 11 is 3.32. The molecule has 1 amide bonds. The third-order valence-corrected chi connectivity index (χ3v) is 6.05. The quantitative estimate of drug-likeness (QED) is 0.762. The first kappa shape index (κ1) is 18.2. The van der Waals surface area contributed by atoms with E-state index in [4.69, 9.17) is 0 Å². The van der Waals surface area contributed by atoms with Crippen molar-refractivity contribution in [2.45, 2.75) is 37.5 Å². The maximum Gasteiger partial charge on any atom is 0.256 e. The number of carbonyl (C=O) groups is 1. The van der Waals surface area contributed by atoms with Crippen LogP contribution in [0.15, 0.2) is 28.7 Å². The van der Waals surface area contributed by atoms with Crippen LogP contribution in [0.1, 0.15) is 36.3 Å². The molecule has 0 aliphatic carbocycles. The average molecular weight is 377 g/mol. The number of aromatic nitrogens is 2. The first-order chi connectivity index (χ1) is 12.0. The van der Waals surface area contributed by atoms with Crippen molar-refractivity contribution in [2.24, 2.45) is 0 Å². The van der Waals surface area contributed by atoms with Crippen molar-refractivity contribution in [3.63, 3.8) is 0 Å². The molecular formula is C18H24N4OS2. The van der Waals surface area contributed by atoms with Gasteiger partial charge in [0.05, 0.1) is 11.3 Å². The highest BCUT2D eigenvalue weighted by Crippen LogP contribution is 2.26. The van der Waals surface area contributed by atoms with Crippen LogP contribution in [0, 0.1) is 6.92 Å². The van der Waals surface area contributed by atoms with Crippen molar-refractivity contribution < 1.29 is 4.79 Å². The molecule has 7 heteroatoms. The van der Waals surface area contributed by atoms with Gasteiger partial charge in [-0.3, -0.25) is 4.79 Å². The van der Waals surface area contributed by atoms with Crippen molar-refractivity contribution in [1.29, 1.82) is 0 Å². The van der Waals surface area contributed by atoms with Gasteiger partial charge in [0.1, 0.15) is 5.03 Å². The molecule has 1 aliphatic rings. The second-order valence-electron chi connectivity index (χ2n) is 6.43. The van der Waals surface area contributed by atoms with Gasteiger partial charge in [-0.05, 0) is 25.5 Å². The molecule has 1 fully saturated rings. The van der Waals surface area contributed by atoms with E-state index in [1.165, 1.54) is 0 Å². The Morgan fingerprint density at radius 1 is 1.28 bits per heavy atom. The first-order valence-corrected chi connectivity index (χ1v) is 10.4. The molecular weight excluding hydrogens is 352 g/mol. The van der Waals surface area contributed by atoms with Crippen LogP contribution in [-0.4, -0.2) is 52.2 Å². The minimum absolute atomic E-state index is 0.0911. The summed E-state index contributed by atoms with van der Waals surface area (Å²) in [6, 6.07) is 3.74. The maximum atomic E-state index is 13.0. The number of pyridine rings is 1. The lowest BCUT2D eigenvalue weighted by Gasteiger charge is -2.22. The summed E-state index contributed by atoms with van der Waals surface area (Å²) in [6.07, 6.45) is 2.72. The highest BCUT2D eigenvalue weighted by molar-refractivity contribution is 7.99. The fourth-order valence-electron chi connectivity index (χ4n) is 2.84. The maximum absolute atomic E-state index is 13.0. The summed E-state index contributed by atoms with van der Waals surface area (Å²) in [7, 11) is 0. The van der Waals surface area contributed by atoms with Crippen molar-refractivity contribution in [1.82, 2.24) is 14.9 Å². The molecule has 0 bridgehead atoms. The van der Waals surface area contributed by atoms with Crippen LogP contribution in [-0.2, 0) is 0 Å². The number of amides is 1. The first-order valence-electron chi connectivity index (χ1n) is 8.62. The summed E-state index contributed by atoms with van der Waals surface area (Å²) < 4.78 is 0. The van der Waals surface area contributed by atoms with E-state index in [1.54, 1.807) is 29.3 Å². The Labute approximate surface area is 157 Å². The van der Waals surface area contributed by atoms with E-state index in [9.17, 15) is 4.79 Å². The third-order valence-electron chi connectivity index (χ3n) is 4.01. The average Bonchev–Trinajstić information content (AvgIpc) is 2.87. The molecule has 0 radical (unpaired) electrons. The lowest BCUT2D eigenvalue weighted by molar-refractivity contribution is 0.0762. The number of hydrogen-bond acceptors (Lipinski definition) is 6. The van der Waals surface area contributed by atoms with Gasteiger partial charge in [0.25, 0.3) is 5.91 Å². The third kappa shape index (κ3) is 4.52. The molecule has 134 valence electrons. The molecule has 2 aromatic rings. The Kier molecular flexibility index (Phi) is 5.96. The molecule has 0 atom stereocenters. The van der Waals surface area contributed by atoms with Crippen LogP contribution < -0.4 is 4.90 Å². The van der Waals surface area contributed by atoms with E-state index in [1.807, 2.05) is 24.0 Å². The predicted molar refractivity (Wildman–Crippen MR) is 105 cm³/mol. The van der Waals surface area contributed by atoms with E-state index >= 15 is 0 Å². The zero-order valence-electron chi connectivity index (χ0n) is 14.9. The topological polar surface area (TPSA) is 49.3 Å². The molecule has 0 N–H and O–H groups in total. The number of rotatable bonds is 4. The highest BCUT2D eigenvalue weighted by atomic mass is 32.2. The SMILES string of the molecule is Cc1csc(N2CCCN(C(=O)c3cccnc3SC(C)C)CC2)n1. The Balaban J connectivity index is 1.71. The standard InChI is InChI=1S/C18H24N4OS2/c1-13(2)25-16-15(6-4-7-19-16)17(23)21-8-5-9-22(11-10-21)18-20-14(3)12-24-18/h4,6-7,12-13H,5,8-11H2,1-3H3. The zero-order valence-corrected chi connectivity index (χ0v) is 16.6. The van der Waals surface area contributed by atoms with Crippen LogP contribution in [0.5, 0.6) is 0 Å². The van der Waals surface area contributed by atoms with Gasteiger partial charge in [0, 0.05) is 43.0 Å². The number of anilines is 1. The van der Waals surface area contributed by atoms with Crippen LogP contribution in [0.25, 0.3) is 0 Å². The zero-order chi connectivity index (χ0) is 17.8. The Morgan fingerprint density at radius 2 is 2.12 bits per heavy atom. The van der Waals surface area contributed by atoms with E-state index in [2.05, 4.69) is 34.1 Å². The van der Waals surface area contributed by atoms with Gasteiger partial charge < -0.3 is 9.80 Å². The van der Waals surface area contributed by atoms with Crippen LogP contribution in [0.3, 0.4) is 0 Å². The number of carbonyl (C=O) groups excluding carboxylic acids is 1. The molecule has 1 aliphatic heterocycles.